The topological polar surface area (TPSA) is 114 Å². The average Bonchev–Trinajstić information content (AvgIpc) is 2.79. The Hall–Kier alpha value is -3.63. The van der Waals surface area contributed by atoms with E-state index in [-0.39, 0.29) is 33.1 Å². The fourth-order valence-corrected chi connectivity index (χ4v) is 4.16. The third kappa shape index (κ3) is 5.60. The van der Waals surface area contributed by atoms with E-state index in [1.165, 1.54) is 62.7 Å². The number of carbonyl (C=O) groups excluding carboxylic acids is 2. The highest BCUT2D eigenvalue weighted by Gasteiger charge is 2.19. The van der Waals surface area contributed by atoms with Gasteiger partial charge in [0.1, 0.15) is 11.6 Å². The Morgan fingerprint density at radius 3 is 2.45 bits per heavy atom. The van der Waals surface area contributed by atoms with Gasteiger partial charge in [0.15, 0.2) is 0 Å². The van der Waals surface area contributed by atoms with Gasteiger partial charge in [-0.05, 0) is 54.6 Å². The molecular weight excluding hydrogens is 473 g/mol. The van der Waals surface area contributed by atoms with Crippen LogP contribution in [0.1, 0.15) is 20.7 Å². The number of hydrogen-bond acceptors (Lipinski definition) is 5. The predicted octanol–water partition coefficient (Wildman–Crippen LogP) is 3.90. The highest BCUT2D eigenvalue weighted by molar-refractivity contribution is 7.92. The van der Waals surface area contributed by atoms with Crippen LogP contribution in [0.4, 0.5) is 15.8 Å². The van der Waals surface area contributed by atoms with Gasteiger partial charge >= 0.3 is 0 Å². The number of rotatable bonds is 7. The van der Waals surface area contributed by atoms with Gasteiger partial charge in [-0.2, -0.15) is 0 Å². The Bertz CT molecular complexity index is 1330. The molecule has 0 spiro atoms. The molecule has 3 N–H and O–H groups in total. The SMILES string of the molecule is CNC(=O)c1cc(NC(=O)c2cccc(S(=O)(=O)Nc3cc(Cl)ccc3OC)c2)ccc1F. The van der Waals surface area contributed by atoms with E-state index in [0.717, 1.165) is 6.07 Å². The molecule has 0 aliphatic heterocycles. The Labute approximate surface area is 194 Å². The molecule has 0 unspecified atom stereocenters. The Kier molecular flexibility index (Phi) is 7.19. The van der Waals surface area contributed by atoms with Gasteiger partial charge in [0, 0.05) is 23.3 Å². The first-order valence-corrected chi connectivity index (χ1v) is 11.3. The Balaban J connectivity index is 1.85. The van der Waals surface area contributed by atoms with Gasteiger partial charge in [0.25, 0.3) is 21.8 Å². The third-order valence-corrected chi connectivity index (χ3v) is 6.11. The molecule has 0 heterocycles. The number of nitrogens with one attached hydrogen (secondary N) is 3. The standard InChI is InChI=1S/C22H19ClFN3O5S/c1-25-22(29)17-12-15(7-8-18(17)24)26-21(28)13-4-3-5-16(10-13)33(30,31)27-19-11-14(23)6-9-20(19)32-2/h3-12,27H,1-2H3,(H,25,29)(H,26,28). The minimum atomic E-state index is -4.09. The lowest BCUT2D eigenvalue weighted by atomic mass is 10.1. The van der Waals surface area contributed by atoms with E-state index in [2.05, 4.69) is 15.4 Å². The Morgan fingerprint density at radius 1 is 1.00 bits per heavy atom. The molecule has 2 amide bonds. The quantitative estimate of drug-likeness (QED) is 0.464. The van der Waals surface area contributed by atoms with Gasteiger partial charge in [-0.15, -0.1) is 0 Å². The molecule has 33 heavy (non-hydrogen) atoms. The first-order chi connectivity index (χ1) is 15.6. The van der Waals surface area contributed by atoms with Crippen molar-refractivity contribution >= 4 is 44.8 Å². The molecule has 8 nitrogen and oxygen atoms in total. The number of halogens is 2. The molecule has 0 saturated carbocycles. The average molecular weight is 492 g/mol. The van der Waals surface area contributed by atoms with Crippen molar-refractivity contribution in [3.8, 4) is 5.75 Å². The van der Waals surface area contributed by atoms with Gasteiger partial charge in [0.2, 0.25) is 0 Å². The summed E-state index contributed by atoms with van der Waals surface area (Å²) in [5.74, 6) is -1.79. The van der Waals surface area contributed by atoms with E-state index in [1.807, 2.05) is 0 Å². The number of benzene rings is 3. The largest absolute Gasteiger partial charge is 0.495 e. The monoisotopic (exact) mass is 491 g/mol. The fourth-order valence-electron chi connectivity index (χ4n) is 2.88. The zero-order chi connectivity index (χ0) is 24.2. The number of ether oxygens (including phenoxy) is 1. The summed E-state index contributed by atoms with van der Waals surface area (Å²) in [6, 6.07) is 13.3. The summed E-state index contributed by atoms with van der Waals surface area (Å²) in [5.41, 5.74) is 0.0796. The molecule has 0 fully saturated rings. The molecule has 172 valence electrons. The molecule has 3 aromatic rings. The van der Waals surface area contributed by atoms with Crippen molar-refractivity contribution in [3.05, 3.63) is 82.6 Å². The van der Waals surface area contributed by atoms with Crippen LogP contribution in [0.5, 0.6) is 5.75 Å². The minimum absolute atomic E-state index is 0.0294. The fraction of sp³-hybridized carbons (Fsp3) is 0.0909. The van der Waals surface area contributed by atoms with E-state index >= 15 is 0 Å². The molecule has 0 bridgehead atoms. The lowest BCUT2D eigenvalue weighted by Gasteiger charge is -2.13. The van der Waals surface area contributed by atoms with Crippen LogP contribution in [-0.2, 0) is 10.0 Å². The number of anilines is 2. The zero-order valence-electron chi connectivity index (χ0n) is 17.5. The van der Waals surface area contributed by atoms with E-state index < -0.39 is 27.7 Å². The molecule has 3 rings (SSSR count). The van der Waals surface area contributed by atoms with Crippen LogP contribution in [0.25, 0.3) is 0 Å². The predicted molar refractivity (Wildman–Crippen MR) is 123 cm³/mol. The summed E-state index contributed by atoms with van der Waals surface area (Å²) < 4.78 is 47.1. The smallest absolute Gasteiger partial charge is 0.262 e. The Morgan fingerprint density at radius 2 is 1.76 bits per heavy atom. The van der Waals surface area contributed by atoms with E-state index in [0.29, 0.717) is 5.02 Å². The summed E-state index contributed by atoms with van der Waals surface area (Å²) in [7, 11) is -1.35. The number of hydrogen-bond donors (Lipinski definition) is 3. The molecule has 11 heteroatoms. The third-order valence-electron chi connectivity index (χ3n) is 4.51. The number of sulfonamides is 1. The molecule has 0 atom stereocenters. The summed E-state index contributed by atoms with van der Waals surface area (Å²) in [5, 5.41) is 5.13. The van der Waals surface area contributed by atoms with Crippen molar-refractivity contribution < 1.29 is 27.1 Å². The van der Waals surface area contributed by atoms with Crippen molar-refractivity contribution in [1.82, 2.24) is 5.32 Å². The highest BCUT2D eigenvalue weighted by Crippen LogP contribution is 2.30. The summed E-state index contributed by atoms with van der Waals surface area (Å²) in [4.78, 5) is 24.3. The van der Waals surface area contributed by atoms with Crippen LogP contribution in [0.15, 0.2) is 65.6 Å². The zero-order valence-corrected chi connectivity index (χ0v) is 19.1. The van der Waals surface area contributed by atoms with E-state index in [4.69, 9.17) is 16.3 Å². The van der Waals surface area contributed by atoms with Crippen molar-refractivity contribution in [1.29, 1.82) is 0 Å². The maximum absolute atomic E-state index is 13.8. The van der Waals surface area contributed by atoms with Crippen LogP contribution >= 0.6 is 11.6 Å². The van der Waals surface area contributed by atoms with Gasteiger partial charge in [-0.1, -0.05) is 17.7 Å². The van der Waals surface area contributed by atoms with Crippen molar-refractivity contribution in [3.63, 3.8) is 0 Å². The van der Waals surface area contributed by atoms with Gasteiger partial charge in [-0.25, -0.2) is 12.8 Å². The molecular formula is C22H19ClFN3O5S. The van der Waals surface area contributed by atoms with Crippen LogP contribution < -0.4 is 20.1 Å². The van der Waals surface area contributed by atoms with Gasteiger partial charge in [0.05, 0.1) is 23.3 Å². The molecule has 3 aromatic carbocycles. The summed E-state index contributed by atoms with van der Waals surface area (Å²) >= 11 is 5.95. The van der Waals surface area contributed by atoms with Gasteiger partial charge < -0.3 is 15.4 Å². The maximum atomic E-state index is 13.8. The van der Waals surface area contributed by atoms with Crippen molar-refractivity contribution in [2.45, 2.75) is 4.90 Å². The number of amides is 2. The molecule has 0 aliphatic carbocycles. The molecule has 0 saturated heterocycles. The first-order valence-electron chi connectivity index (χ1n) is 9.44. The number of methoxy groups -OCH3 is 1. The van der Waals surface area contributed by atoms with Crippen molar-refractivity contribution in [2.24, 2.45) is 0 Å². The van der Waals surface area contributed by atoms with Gasteiger partial charge in [-0.3, -0.25) is 14.3 Å². The normalized spacial score (nSPS) is 10.9. The van der Waals surface area contributed by atoms with E-state index in [1.54, 1.807) is 6.07 Å². The molecule has 0 aromatic heterocycles. The maximum Gasteiger partial charge on any atom is 0.262 e. The van der Waals surface area contributed by atoms with Crippen LogP contribution in [0.2, 0.25) is 5.02 Å². The first kappa shape index (κ1) is 24.0. The van der Waals surface area contributed by atoms with Crippen LogP contribution in [0, 0.1) is 5.82 Å². The lowest BCUT2D eigenvalue weighted by Crippen LogP contribution is -2.20. The lowest BCUT2D eigenvalue weighted by molar-refractivity contribution is 0.0957. The van der Waals surface area contributed by atoms with Crippen molar-refractivity contribution in [2.75, 3.05) is 24.2 Å². The van der Waals surface area contributed by atoms with Crippen LogP contribution in [0.3, 0.4) is 0 Å². The number of carbonyl (C=O) groups is 2. The second-order valence-electron chi connectivity index (χ2n) is 6.71. The highest BCUT2D eigenvalue weighted by atomic mass is 35.5. The van der Waals surface area contributed by atoms with Crippen LogP contribution in [-0.4, -0.2) is 34.4 Å². The second-order valence-corrected chi connectivity index (χ2v) is 8.82. The molecule has 0 aliphatic rings. The second kappa shape index (κ2) is 9.88. The van der Waals surface area contributed by atoms with E-state index in [9.17, 15) is 22.4 Å². The minimum Gasteiger partial charge on any atom is -0.495 e. The molecule has 0 radical (unpaired) electrons. The summed E-state index contributed by atoms with van der Waals surface area (Å²) in [6.07, 6.45) is 0. The summed E-state index contributed by atoms with van der Waals surface area (Å²) in [6.45, 7) is 0.